The zero-order valence-corrected chi connectivity index (χ0v) is 23.8. The number of hydrogen-bond acceptors (Lipinski definition) is 6. The molecule has 0 radical (unpaired) electrons. The number of hydrogen-bond donors (Lipinski definition) is 0. The highest BCUT2D eigenvalue weighted by Crippen LogP contribution is 2.33. The fourth-order valence-electron chi connectivity index (χ4n) is 4.11. The van der Waals surface area contributed by atoms with E-state index < -0.39 is 13.7 Å². The van der Waals surface area contributed by atoms with Crippen LogP contribution in [0.2, 0.25) is 25.7 Å². The van der Waals surface area contributed by atoms with Gasteiger partial charge in [0.2, 0.25) is 0 Å². The minimum absolute atomic E-state index is 0.000350. The highest BCUT2D eigenvalue weighted by atomic mass is 79.9. The smallest absolute Gasteiger partial charge is 0.410 e. The molecule has 1 aromatic carbocycles. The summed E-state index contributed by atoms with van der Waals surface area (Å²) in [5.41, 5.74) is 2.30. The van der Waals surface area contributed by atoms with Gasteiger partial charge in [-0.1, -0.05) is 24.9 Å². The lowest BCUT2D eigenvalue weighted by atomic mass is 10.1. The summed E-state index contributed by atoms with van der Waals surface area (Å²) in [5, 5.41) is 8.79. The van der Waals surface area contributed by atoms with Crippen LogP contribution in [0.3, 0.4) is 0 Å². The lowest BCUT2D eigenvalue weighted by Gasteiger charge is -2.45. The predicted octanol–water partition coefficient (Wildman–Crippen LogP) is 5.34. The summed E-state index contributed by atoms with van der Waals surface area (Å²) in [4.78, 5) is 17.0. The van der Waals surface area contributed by atoms with Gasteiger partial charge in [-0.15, -0.1) is 5.10 Å². The van der Waals surface area contributed by atoms with Crippen LogP contribution >= 0.6 is 15.9 Å². The van der Waals surface area contributed by atoms with Crippen molar-refractivity contribution in [3.05, 3.63) is 16.6 Å². The van der Waals surface area contributed by atoms with E-state index in [9.17, 15) is 4.79 Å². The summed E-state index contributed by atoms with van der Waals surface area (Å²) in [6.45, 7) is 19.3. The SMILES string of the molecule is C[C@@H]1CN(c2ccc(Br)c3nnn(COCC[Si](C)(C)C)c23)C[C@H](C)N1C(=O)OC(C)(C)C. The van der Waals surface area contributed by atoms with E-state index in [1.165, 1.54) is 0 Å². The molecule has 0 bridgehead atoms. The Kier molecular flexibility index (Phi) is 7.80. The number of halogens is 1. The normalized spacial score (nSPS) is 19.9. The lowest BCUT2D eigenvalue weighted by Crippen LogP contribution is -2.59. The van der Waals surface area contributed by atoms with Crippen molar-refractivity contribution in [2.24, 2.45) is 0 Å². The second-order valence-electron chi connectivity index (χ2n) is 11.2. The molecule has 2 atom stereocenters. The highest BCUT2D eigenvalue weighted by Gasteiger charge is 2.36. The molecule has 0 N–H and O–H groups in total. The van der Waals surface area contributed by atoms with Crippen molar-refractivity contribution in [3.8, 4) is 0 Å². The van der Waals surface area contributed by atoms with Crippen LogP contribution in [0.4, 0.5) is 10.5 Å². The first-order chi connectivity index (χ1) is 15.3. The molecule has 184 valence electrons. The van der Waals surface area contributed by atoms with Crippen molar-refractivity contribution in [3.63, 3.8) is 0 Å². The van der Waals surface area contributed by atoms with Gasteiger partial charge < -0.3 is 14.4 Å². The van der Waals surface area contributed by atoms with Gasteiger partial charge in [0.15, 0.2) is 0 Å². The van der Waals surface area contributed by atoms with Gasteiger partial charge in [0.25, 0.3) is 0 Å². The van der Waals surface area contributed by atoms with Gasteiger partial charge in [-0.25, -0.2) is 9.48 Å². The maximum Gasteiger partial charge on any atom is 0.410 e. The Morgan fingerprint density at radius 1 is 1.18 bits per heavy atom. The van der Waals surface area contributed by atoms with Crippen molar-refractivity contribution in [2.45, 2.75) is 84.7 Å². The maximum absolute atomic E-state index is 12.8. The fraction of sp³-hybridized carbons (Fsp3) is 0.696. The van der Waals surface area contributed by atoms with Crippen molar-refractivity contribution >= 4 is 46.8 Å². The Morgan fingerprint density at radius 2 is 1.82 bits per heavy atom. The van der Waals surface area contributed by atoms with E-state index in [1.807, 2.05) is 36.4 Å². The Labute approximate surface area is 206 Å². The first-order valence-electron chi connectivity index (χ1n) is 11.6. The number of nitrogens with zero attached hydrogens (tertiary/aromatic N) is 5. The van der Waals surface area contributed by atoms with Crippen molar-refractivity contribution < 1.29 is 14.3 Å². The van der Waals surface area contributed by atoms with Gasteiger partial charge in [0.1, 0.15) is 23.4 Å². The molecule has 33 heavy (non-hydrogen) atoms. The van der Waals surface area contributed by atoms with Crippen LogP contribution in [0, 0.1) is 0 Å². The van der Waals surface area contributed by atoms with Crippen LogP contribution in [0.25, 0.3) is 11.0 Å². The number of carbonyl (C=O) groups is 1. The third-order valence-electron chi connectivity index (χ3n) is 5.67. The average molecular weight is 541 g/mol. The standard InChI is InChI=1S/C23H38BrN5O3Si/c1-16-13-27(14-17(2)29(16)22(30)32-23(3,4)5)19-10-9-18(24)20-21(19)28(26-25-20)15-31-11-12-33(6,7)8/h9-10,16-17H,11-15H2,1-8H3/t16-,17+. The molecular weight excluding hydrogens is 502 g/mol. The quantitative estimate of drug-likeness (QED) is 0.364. The molecule has 0 aliphatic carbocycles. The molecule has 2 aromatic rings. The third-order valence-corrected chi connectivity index (χ3v) is 8.01. The Hall–Kier alpha value is -1.65. The summed E-state index contributed by atoms with van der Waals surface area (Å²) >= 11 is 3.62. The summed E-state index contributed by atoms with van der Waals surface area (Å²) in [6, 6.07) is 5.21. The number of anilines is 1. The van der Waals surface area contributed by atoms with Crippen LogP contribution < -0.4 is 4.90 Å². The monoisotopic (exact) mass is 539 g/mol. The molecule has 3 rings (SSSR count). The van der Waals surface area contributed by atoms with Crippen LogP contribution in [-0.2, 0) is 16.2 Å². The molecule has 2 heterocycles. The number of benzene rings is 1. The molecular formula is C23H38BrN5O3Si. The minimum Gasteiger partial charge on any atom is -0.444 e. The maximum atomic E-state index is 12.8. The second kappa shape index (κ2) is 9.91. The number of fused-ring (bicyclic) bond motifs is 1. The number of ether oxygens (including phenoxy) is 2. The summed E-state index contributed by atoms with van der Waals surface area (Å²) in [6.07, 6.45) is -0.259. The first-order valence-corrected chi connectivity index (χ1v) is 16.1. The summed E-state index contributed by atoms with van der Waals surface area (Å²) in [7, 11) is -1.15. The van der Waals surface area contributed by atoms with Crippen molar-refractivity contribution in [1.82, 2.24) is 19.9 Å². The zero-order valence-electron chi connectivity index (χ0n) is 21.2. The van der Waals surface area contributed by atoms with Crippen molar-refractivity contribution in [1.29, 1.82) is 0 Å². The molecule has 10 heteroatoms. The van der Waals surface area contributed by atoms with Crippen molar-refractivity contribution in [2.75, 3.05) is 24.6 Å². The Balaban J connectivity index is 1.82. The van der Waals surface area contributed by atoms with Gasteiger partial charge in [0.05, 0.1) is 17.8 Å². The van der Waals surface area contributed by atoms with E-state index in [2.05, 4.69) is 70.7 Å². The van der Waals surface area contributed by atoms with Crippen LogP contribution in [-0.4, -0.2) is 71.4 Å². The molecule has 0 saturated carbocycles. The molecule has 0 spiro atoms. The number of rotatable bonds is 6. The van der Waals surface area contributed by atoms with Crippen LogP contribution in [0.1, 0.15) is 34.6 Å². The largest absolute Gasteiger partial charge is 0.444 e. The zero-order chi connectivity index (χ0) is 24.6. The van der Waals surface area contributed by atoms with Gasteiger partial charge in [-0.05, 0) is 68.7 Å². The van der Waals surface area contributed by atoms with E-state index in [0.29, 0.717) is 19.8 Å². The molecule has 1 saturated heterocycles. The van der Waals surface area contributed by atoms with E-state index >= 15 is 0 Å². The third kappa shape index (κ3) is 6.48. The number of piperazine rings is 1. The van der Waals surface area contributed by atoms with E-state index in [1.54, 1.807) is 0 Å². The Morgan fingerprint density at radius 3 is 2.39 bits per heavy atom. The molecule has 1 aromatic heterocycles. The predicted molar refractivity (Wildman–Crippen MR) is 139 cm³/mol. The van der Waals surface area contributed by atoms with E-state index in [4.69, 9.17) is 9.47 Å². The van der Waals surface area contributed by atoms with Crippen LogP contribution in [0.15, 0.2) is 16.6 Å². The number of aromatic nitrogens is 3. The fourth-order valence-corrected chi connectivity index (χ4v) is 5.26. The lowest BCUT2D eigenvalue weighted by molar-refractivity contribution is 0.00567. The van der Waals surface area contributed by atoms with E-state index in [-0.39, 0.29) is 18.2 Å². The average Bonchev–Trinajstić information content (AvgIpc) is 3.07. The minimum atomic E-state index is -1.15. The highest BCUT2D eigenvalue weighted by molar-refractivity contribution is 9.10. The second-order valence-corrected chi connectivity index (χ2v) is 17.7. The first kappa shape index (κ1) is 26.0. The van der Waals surface area contributed by atoms with Gasteiger partial charge in [-0.2, -0.15) is 0 Å². The summed E-state index contributed by atoms with van der Waals surface area (Å²) in [5.74, 6) is 0. The molecule has 8 nitrogen and oxygen atoms in total. The van der Waals surface area contributed by atoms with Gasteiger partial charge >= 0.3 is 6.09 Å². The van der Waals surface area contributed by atoms with E-state index in [0.717, 1.165) is 33.8 Å². The van der Waals surface area contributed by atoms with Gasteiger partial charge in [-0.3, -0.25) is 4.90 Å². The molecule has 0 unspecified atom stereocenters. The molecule has 1 aliphatic rings. The molecule has 1 fully saturated rings. The summed E-state index contributed by atoms with van der Waals surface area (Å²) < 4.78 is 14.4. The Bertz CT molecular complexity index is 973. The van der Waals surface area contributed by atoms with Gasteiger partial charge in [0, 0.05) is 32.2 Å². The van der Waals surface area contributed by atoms with Crippen LogP contribution in [0.5, 0.6) is 0 Å². The number of amides is 1. The molecule has 1 amide bonds. The molecule has 1 aliphatic heterocycles. The number of carbonyl (C=O) groups excluding carboxylic acids is 1. The topological polar surface area (TPSA) is 72.7 Å².